The molecule has 2 fully saturated rings. The molecule has 88 valence electrons. The van der Waals surface area contributed by atoms with Gasteiger partial charge in [0.15, 0.2) is 0 Å². The number of rotatable bonds is 4. The number of aromatic nitrogens is 1. The molecule has 0 bridgehead atoms. The molecule has 1 N–H and O–H groups in total. The van der Waals surface area contributed by atoms with E-state index in [1.807, 2.05) is 11.3 Å². The van der Waals surface area contributed by atoms with Crippen molar-refractivity contribution in [3.8, 4) is 0 Å². The fourth-order valence-corrected chi connectivity index (χ4v) is 3.66. The maximum Gasteiger partial charge on any atom is 0.0959 e. The molecule has 1 aromatic rings. The van der Waals surface area contributed by atoms with Crippen molar-refractivity contribution in [2.75, 3.05) is 0 Å². The molecule has 0 radical (unpaired) electrons. The fourth-order valence-electron chi connectivity index (χ4n) is 2.62. The second-order valence-corrected chi connectivity index (χ2v) is 6.30. The van der Waals surface area contributed by atoms with Gasteiger partial charge in [-0.2, -0.15) is 0 Å². The third-order valence-corrected chi connectivity index (χ3v) is 5.11. The van der Waals surface area contributed by atoms with Gasteiger partial charge in [-0.3, -0.25) is 0 Å². The summed E-state index contributed by atoms with van der Waals surface area (Å²) in [4.78, 5) is 5.99. The first kappa shape index (κ1) is 10.7. The number of nitrogens with zero attached hydrogens (tertiary/aromatic N) is 1. The summed E-state index contributed by atoms with van der Waals surface area (Å²) in [6, 6.07) is 0.772. The molecule has 2 nitrogen and oxygen atoms in total. The van der Waals surface area contributed by atoms with E-state index in [1.54, 1.807) is 0 Å². The molecule has 0 aliphatic heterocycles. The standard InChI is InChI=1S/C13H20N2S/c1-2-7-11(6-1)14-8-12-9-15-13(16-12)10-4-3-5-10/h9-11,14H,1-8H2. The Morgan fingerprint density at radius 3 is 2.69 bits per heavy atom. The van der Waals surface area contributed by atoms with Crippen LogP contribution in [0.5, 0.6) is 0 Å². The van der Waals surface area contributed by atoms with E-state index in [1.165, 1.54) is 54.8 Å². The molecule has 2 aliphatic carbocycles. The third kappa shape index (κ3) is 2.30. The normalized spacial score (nSPS) is 22.5. The molecule has 3 heteroatoms. The number of hydrogen-bond acceptors (Lipinski definition) is 3. The van der Waals surface area contributed by atoms with Crippen LogP contribution >= 0.6 is 11.3 Å². The van der Waals surface area contributed by atoms with Crippen LogP contribution in [-0.4, -0.2) is 11.0 Å². The first-order valence-corrected chi connectivity index (χ1v) is 7.41. The van der Waals surface area contributed by atoms with Crippen molar-refractivity contribution in [1.82, 2.24) is 10.3 Å². The minimum atomic E-state index is 0.772. The molecule has 0 unspecified atom stereocenters. The molecule has 16 heavy (non-hydrogen) atoms. The second kappa shape index (κ2) is 4.84. The van der Waals surface area contributed by atoms with Crippen LogP contribution in [0.1, 0.15) is 60.7 Å². The summed E-state index contributed by atoms with van der Waals surface area (Å²) in [5.74, 6) is 0.797. The quantitative estimate of drug-likeness (QED) is 0.866. The first-order valence-electron chi connectivity index (χ1n) is 6.60. The summed E-state index contributed by atoms with van der Waals surface area (Å²) in [5, 5.41) is 5.04. The number of thiazole rings is 1. The fraction of sp³-hybridized carbons (Fsp3) is 0.769. The van der Waals surface area contributed by atoms with Crippen LogP contribution in [0.2, 0.25) is 0 Å². The van der Waals surface area contributed by atoms with Gasteiger partial charge in [0.1, 0.15) is 0 Å². The van der Waals surface area contributed by atoms with E-state index in [4.69, 9.17) is 0 Å². The van der Waals surface area contributed by atoms with E-state index < -0.39 is 0 Å². The van der Waals surface area contributed by atoms with Gasteiger partial charge in [0.25, 0.3) is 0 Å². The van der Waals surface area contributed by atoms with Crippen molar-refractivity contribution >= 4 is 11.3 Å². The van der Waals surface area contributed by atoms with E-state index in [-0.39, 0.29) is 0 Å². The zero-order valence-electron chi connectivity index (χ0n) is 9.74. The largest absolute Gasteiger partial charge is 0.309 e. The lowest BCUT2D eigenvalue weighted by atomic mass is 9.86. The Morgan fingerprint density at radius 2 is 2.00 bits per heavy atom. The Balaban J connectivity index is 1.51. The molecule has 0 amide bonds. The highest BCUT2D eigenvalue weighted by Gasteiger charge is 2.22. The van der Waals surface area contributed by atoms with E-state index in [0.29, 0.717) is 0 Å². The smallest absolute Gasteiger partial charge is 0.0959 e. The SMILES string of the molecule is c1nc(C2CCC2)sc1CNC1CCCC1. The predicted octanol–water partition coefficient (Wildman–Crippen LogP) is 3.44. The lowest BCUT2D eigenvalue weighted by Gasteiger charge is -2.22. The maximum atomic E-state index is 4.56. The lowest BCUT2D eigenvalue weighted by Crippen LogP contribution is -2.24. The molecule has 3 rings (SSSR count). The van der Waals surface area contributed by atoms with Gasteiger partial charge >= 0.3 is 0 Å². The van der Waals surface area contributed by atoms with Gasteiger partial charge in [-0.15, -0.1) is 11.3 Å². The summed E-state index contributed by atoms with van der Waals surface area (Å²) >= 11 is 1.93. The molecular weight excluding hydrogens is 216 g/mol. The van der Waals surface area contributed by atoms with Gasteiger partial charge in [0.2, 0.25) is 0 Å². The van der Waals surface area contributed by atoms with E-state index in [0.717, 1.165) is 18.5 Å². The summed E-state index contributed by atoms with van der Waals surface area (Å²) in [7, 11) is 0. The van der Waals surface area contributed by atoms with Gasteiger partial charge < -0.3 is 5.32 Å². The Kier molecular flexibility index (Phi) is 3.25. The van der Waals surface area contributed by atoms with Crippen molar-refractivity contribution in [3.63, 3.8) is 0 Å². The third-order valence-electron chi connectivity index (χ3n) is 3.95. The van der Waals surface area contributed by atoms with E-state index >= 15 is 0 Å². The number of hydrogen-bond donors (Lipinski definition) is 1. The van der Waals surface area contributed by atoms with Gasteiger partial charge in [-0.05, 0) is 25.7 Å². The molecule has 1 aromatic heterocycles. The van der Waals surface area contributed by atoms with Crippen LogP contribution in [0.25, 0.3) is 0 Å². The van der Waals surface area contributed by atoms with Crippen LogP contribution in [-0.2, 0) is 6.54 Å². The molecule has 2 saturated carbocycles. The molecule has 0 saturated heterocycles. The monoisotopic (exact) mass is 236 g/mol. The van der Waals surface area contributed by atoms with Crippen LogP contribution < -0.4 is 5.32 Å². The van der Waals surface area contributed by atoms with Crippen molar-refractivity contribution in [2.24, 2.45) is 0 Å². The van der Waals surface area contributed by atoms with Gasteiger partial charge in [-0.25, -0.2) is 4.98 Å². The zero-order valence-corrected chi connectivity index (χ0v) is 10.6. The summed E-state index contributed by atoms with van der Waals surface area (Å²) < 4.78 is 0. The second-order valence-electron chi connectivity index (χ2n) is 5.15. The van der Waals surface area contributed by atoms with Crippen molar-refractivity contribution in [2.45, 2.75) is 63.5 Å². The maximum absolute atomic E-state index is 4.56. The average molecular weight is 236 g/mol. The molecule has 1 heterocycles. The molecular formula is C13H20N2S. The topological polar surface area (TPSA) is 24.9 Å². The highest BCUT2D eigenvalue weighted by Crippen LogP contribution is 2.38. The Hall–Kier alpha value is -0.410. The van der Waals surface area contributed by atoms with Gasteiger partial charge in [0, 0.05) is 29.6 Å². The minimum absolute atomic E-state index is 0.772. The van der Waals surface area contributed by atoms with Crippen LogP contribution in [0.4, 0.5) is 0 Å². The minimum Gasteiger partial charge on any atom is -0.309 e. The predicted molar refractivity (Wildman–Crippen MR) is 67.8 cm³/mol. The molecule has 0 aromatic carbocycles. The molecule has 0 atom stereocenters. The first-order chi connectivity index (χ1) is 7.92. The number of nitrogens with one attached hydrogen (secondary N) is 1. The average Bonchev–Trinajstić information content (AvgIpc) is 2.81. The van der Waals surface area contributed by atoms with Crippen molar-refractivity contribution in [1.29, 1.82) is 0 Å². The zero-order chi connectivity index (χ0) is 10.8. The highest BCUT2D eigenvalue weighted by atomic mass is 32.1. The van der Waals surface area contributed by atoms with Crippen LogP contribution in [0.3, 0.4) is 0 Å². The van der Waals surface area contributed by atoms with Gasteiger partial charge in [0.05, 0.1) is 5.01 Å². The van der Waals surface area contributed by atoms with Crippen LogP contribution in [0, 0.1) is 0 Å². The highest BCUT2D eigenvalue weighted by molar-refractivity contribution is 7.11. The summed E-state index contributed by atoms with van der Waals surface area (Å²) in [5.41, 5.74) is 0. The van der Waals surface area contributed by atoms with E-state index in [2.05, 4.69) is 16.5 Å². The van der Waals surface area contributed by atoms with Gasteiger partial charge in [-0.1, -0.05) is 19.3 Å². The summed E-state index contributed by atoms with van der Waals surface area (Å²) in [6.07, 6.45) is 11.8. The molecule has 2 aliphatic rings. The van der Waals surface area contributed by atoms with Crippen LogP contribution in [0.15, 0.2) is 6.20 Å². The summed E-state index contributed by atoms with van der Waals surface area (Å²) in [6.45, 7) is 1.04. The lowest BCUT2D eigenvalue weighted by molar-refractivity contribution is 0.418. The van der Waals surface area contributed by atoms with Crippen molar-refractivity contribution in [3.05, 3.63) is 16.1 Å². The van der Waals surface area contributed by atoms with Crippen molar-refractivity contribution < 1.29 is 0 Å². The Morgan fingerprint density at radius 1 is 1.19 bits per heavy atom. The Bertz CT molecular complexity index is 337. The molecule has 0 spiro atoms. The van der Waals surface area contributed by atoms with E-state index in [9.17, 15) is 0 Å². The Labute approximate surface area is 101 Å².